The summed E-state index contributed by atoms with van der Waals surface area (Å²) in [5.74, 6) is 0. The monoisotopic (exact) mass is 191 g/mol. The number of rotatable bonds is 2. The molecule has 0 atom stereocenters. The predicted octanol–water partition coefficient (Wildman–Crippen LogP) is 1.85. The van der Waals surface area contributed by atoms with Crippen molar-refractivity contribution in [1.29, 1.82) is 0 Å². The molecule has 0 radical (unpaired) electrons. The van der Waals surface area contributed by atoms with Gasteiger partial charge in [0.2, 0.25) is 0 Å². The average molecular weight is 191 g/mol. The van der Waals surface area contributed by atoms with Gasteiger partial charge in [0.1, 0.15) is 0 Å². The van der Waals surface area contributed by atoms with E-state index >= 15 is 0 Å². The van der Waals surface area contributed by atoms with Gasteiger partial charge in [-0.15, -0.1) is 0 Å². The van der Waals surface area contributed by atoms with Crippen LogP contribution >= 0.6 is 11.5 Å². The molecule has 0 spiro atoms. The summed E-state index contributed by atoms with van der Waals surface area (Å²) in [4.78, 5) is 0. The molecule has 0 saturated carbocycles. The molecule has 0 unspecified atom stereocenters. The van der Waals surface area contributed by atoms with Crippen LogP contribution in [0, 0.1) is 0 Å². The Hall–Kier alpha value is -1.42. The summed E-state index contributed by atoms with van der Waals surface area (Å²) >= 11 is 1.51. The molecule has 2 aromatic rings. The lowest BCUT2D eigenvalue weighted by molar-refractivity contribution is 0.908. The Balaban J connectivity index is 2.42. The second-order valence-electron chi connectivity index (χ2n) is 2.60. The molecule has 0 amide bonds. The zero-order valence-electron chi connectivity index (χ0n) is 7.19. The summed E-state index contributed by atoms with van der Waals surface area (Å²) in [5.41, 5.74) is 3.80. The molecule has 66 valence electrons. The van der Waals surface area contributed by atoms with Crippen LogP contribution in [0.25, 0.3) is 10.1 Å². The second-order valence-corrected chi connectivity index (χ2v) is 3.44. The minimum absolute atomic E-state index is 1.09. The van der Waals surface area contributed by atoms with Crippen LogP contribution < -0.4 is 5.43 Å². The van der Waals surface area contributed by atoms with Crippen LogP contribution in [0.2, 0.25) is 0 Å². The quantitative estimate of drug-likeness (QED) is 0.581. The SMILES string of the molecule is CN/N=C/c1ccc2sncc2c1. The fraction of sp³-hybridized carbons (Fsp3) is 0.111. The molecule has 0 aliphatic rings. The number of hydrogen-bond donors (Lipinski definition) is 1. The van der Waals surface area contributed by atoms with Gasteiger partial charge in [-0.25, -0.2) is 0 Å². The van der Waals surface area contributed by atoms with Crippen LogP contribution in [0.15, 0.2) is 29.5 Å². The van der Waals surface area contributed by atoms with Gasteiger partial charge in [0.25, 0.3) is 0 Å². The minimum Gasteiger partial charge on any atom is -0.313 e. The summed E-state index contributed by atoms with van der Waals surface area (Å²) in [7, 11) is 1.78. The predicted molar refractivity (Wildman–Crippen MR) is 56.3 cm³/mol. The Kier molecular flexibility index (Phi) is 2.23. The first-order valence-electron chi connectivity index (χ1n) is 3.94. The summed E-state index contributed by atoms with van der Waals surface area (Å²) in [5, 5.41) is 5.11. The van der Waals surface area contributed by atoms with Crippen LogP contribution in [-0.4, -0.2) is 17.6 Å². The van der Waals surface area contributed by atoms with Crippen LogP contribution in [0.1, 0.15) is 5.56 Å². The van der Waals surface area contributed by atoms with Crippen molar-refractivity contribution in [3.8, 4) is 0 Å². The Labute approximate surface area is 80.3 Å². The van der Waals surface area contributed by atoms with Crippen LogP contribution in [0.4, 0.5) is 0 Å². The Morgan fingerprint density at radius 1 is 1.54 bits per heavy atom. The number of aromatic nitrogens is 1. The molecule has 4 heteroatoms. The lowest BCUT2D eigenvalue weighted by Crippen LogP contribution is -1.94. The molecular formula is C9H9N3S. The molecule has 13 heavy (non-hydrogen) atoms. The number of hydrazone groups is 1. The fourth-order valence-corrected chi connectivity index (χ4v) is 1.74. The molecule has 2 rings (SSSR count). The van der Waals surface area contributed by atoms with Gasteiger partial charge in [0.05, 0.1) is 10.9 Å². The van der Waals surface area contributed by atoms with Crippen molar-refractivity contribution >= 4 is 27.8 Å². The van der Waals surface area contributed by atoms with E-state index in [4.69, 9.17) is 0 Å². The number of fused-ring (bicyclic) bond motifs is 1. The number of benzene rings is 1. The topological polar surface area (TPSA) is 37.3 Å². The first kappa shape index (κ1) is 8.19. The van der Waals surface area contributed by atoms with Crippen molar-refractivity contribution in [3.05, 3.63) is 30.0 Å². The van der Waals surface area contributed by atoms with Gasteiger partial charge in [-0.3, -0.25) is 0 Å². The van der Waals surface area contributed by atoms with E-state index < -0.39 is 0 Å². The summed E-state index contributed by atoms with van der Waals surface area (Å²) in [6.45, 7) is 0. The van der Waals surface area contributed by atoms with Gasteiger partial charge < -0.3 is 5.43 Å². The first-order valence-corrected chi connectivity index (χ1v) is 4.72. The molecule has 1 aromatic carbocycles. The van der Waals surface area contributed by atoms with E-state index in [0.29, 0.717) is 0 Å². The lowest BCUT2D eigenvalue weighted by atomic mass is 10.2. The highest BCUT2D eigenvalue weighted by atomic mass is 32.1. The van der Waals surface area contributed by atoms with Gasteiger partial charge in [-0.1, -0.05) is 6.07 Å². The maximum atomic E-state index is 4.10. The van der Waals surface area contributed by atoms with E-state index in [1.807, 2.05) is 12.3 Å². The Morgan fingerprint density at radius 3 is 3.31 bits per heavy atom. The molecule has 1 heterocycles. The normalized spacial score (nSPS) is 11.2. The highest BCUT2D eigenvalue weighted by molar-refractivity contribution is 7.13. The molecule has 0 aliphatic carbocycles. The van der Waals surface area contributed by atoms with E-state index in [1.165, 1.54) is 21.6 Å². The van der Waals surface area contributed by atoms with E-state index in [-0.39, 0.29) is 0 Å². The largest absolute Gasteiger partial charge is 0.313 e. The lowest BCUT2D eigenvalue weighted by Gasteiger charge is -1.92. The van der Waals surface area contributed by atoms with Crippen LogP contribution in [-0.2, 0) is 0 Å². The molecular weight excluding hydrogens is 182 g/mol. The smallest absolute Gasteiger partial charge is 0.0550 e. The maximum Gasteiger partial charge on any atom is 0.0550 e. The van der Waals surface area contributed by atoms with Gasteiger partial charge in [-0.2, -0.15) is 9.47 Å². The van der Waals surface area contributed by atoms with E-state index in [9.17, 15) is 0 Å². The standard InChI is InChI=1S/C9H9N3S/c1-10-11-5-7-2-3-9-8(4-7)6-12-13-9/h2-6,10H,1H3/b11-5+. The average Bonchev–Trinajstić information content (AvgIpc) is 2.61. The summed E-state index contributed by atoms with van der Waals surface area (Å²) < 4.78 is 5.31. The van der Waals surface area contributed by atoms with Crippen molar-refractivity contribution in [1.82, 2.24) is 9.80 Å². The maximum absolute atomic E-state index is 4.10. The first-order chi connectivity index (χ1) is 6.40. The van der Waals surface area contributed by atoms with E-state index in [0.717, 1.165) is 5.56 Å². The Morgan fingerprint density at radius 2 is 2.46 bits per heavy atom. The minimum atomic E-state index is 1.09. The van der Waals surface area contributed by atoms with Crippen molar-refractivity contribution < 1.29 is 0 Å². The van der Waals surface area contributed by atoms with E-state index in [2.05, 4.69) is 27.0 Å². The molecule has 0 saturated heterocycles. The summed E-state index contributed by atoms with van der Waals surface area (Å²) in [6.07, 6.45) is 3.66. The molecule has 1 aromatic heterocycles. The van der Waals surface area contributed by atoms with Gasteiger partial charge in [-0.05, 0) is 29.2 Å². The van der Waals surface area contributed by atoms with Crippen LogP contribution in [0.5, 0.6) is 0 Å². The Bertz CT molecular complexity index is 433. The fourth-order valence-electron chi connectivity index (χ4n) is 1.11. The zero-order chi connectivity index (χ0) is 9.10. The summed E-state index contributed by atoms with van der Waals surface area (Å²) in [6, 6.07) is 6.16. The number of nitrogens with zero attached hydrogens (tertiary/aromatic N) is 2. The van der Waals surface area contributed by atoms with Crippen molar-refractivity contribution in [2.45, 2.75) is 0 Å². The van der Waals surface area contributed by atoms with E-state index in [1.54, 1.807) is 13.3 Å². The molecule has 1 N–H and O–H groups in total. The highest BCUT2D eigenvalue weighted by Gasteiger charge is 1.95. The third-order valence-corrected chi connectivity index (χ3v) is 2.50. The van der Waals surface area contributed by atoms with Gasteiger partial charge >= 0.3 is 0 Å². The highest BCUT2D eigenvalue weighted by Crippen LogP contribution is 2.18. The van der Waals surface area contributed by atoms with Gasteiger partial charge in [0, 0.05) is 18.6 Å². The number of hydrogen-bond acceptors (Lipinski definition) is 4. The van der Waals surface area contributed by atoms with Crippen molar-refractivity contribution in [2.24, 2.45) is 5.10 Å². The molecule has 0 aliphatic heterocycles. The van der Waals surface area contributed by atoms with Crippen LogP contribution in [0.3, 0.4) is 0 Å². The molecule has 0 bridgehead atoms. The third-order valence-electron chi connectivity index (χ3n) is 1.72. The van der Waals surface area contributed by atoms with Crippen molar-refractivity contribution in [2.75, 3.05) is 7.05 Å². The third kappa shape index (κ3) is 1.67. The van der Waals surface area contributed by atoms with Crippen molar-refractivity contribution in [3.63, 3.8) is 0 Å². The zero-order valence-corrected chi connectivity index (χ0v) is 8.01. The molecule has 0 fully saturated rings. The van der Waals surface area contributed by atoms with Gasteiger partial charge in [0.15, 0.2) is 0 Å². The molecule has 3 nitrogen and oxygen atoms in total. The number of nitrogens with one attached hydrogen (secondary N) is 1. The second kappa shape index (κ2) is 3.53.